The molecule has 0 unspecified atom stereocenters. The first-order valence-electron chi connectivity index (χ1n) is 14.7. The number of sulfone groups is 1. The molecule has 2 rings (SSSR count). The van der Waals surface area contributed by atoms with Crippen LogP contribution < -0.4 is 0 Å². The first-order valence-corrected chi connectivity index (χ1v) is 16.2. The number of rotatable bonds is 18. The third-order valence-corrected chi connectivity index (χ3v) is 9.01. The van der Waals surface area contributed by atoms with Crippen molar-refractivity contribution in [3.63, 3.8) is 0 Å². The fourth-order valence-corrected chi connectivity index (χ4v) is 6.39. The molecule has 0 fully saturated rings. The number of benzene rings is 2. The van der Waals surface area contributed by atoms with Crippen LogP contribution in [0.3, 0.4) is 0 Å². The summed E-state index contributed by atoms with van der Waals surface area (Å²) in [6.07, 6.45) is 14.8. The van der Waals surface area contributed by atoms with Crippen LogP contribution in [-0.4, -0.2) is 18.6 Å². The maximum Gasteiger partial charge on any atom is 0.206 e. The third kappa shape index (κ3) is 9.05. The first kappa shape index (κ1) is 31.2. The van der Waals surface area contributed by atoms with Crippen molar-refractivity contribution in [1.29, 1.82) is 0 Å². The van der Waals surface area contributed by atoms with Crippen LogP contribution in [0.5, 0.6) is 11.5 Å². The van der Waals surface area contributed by atoms with E-state index in [1.54, 1.807) is 24.3 Å². The normalized spacial score (nSPS) is 11.8. The van der Waals surface area contributed by atoms with Gasteiger partial charge >= 0.3 is 0 Å². The number of aryl methyl sites for hydroxylation is 4. The van der Waals surface area contributed by atoms with E-state index < -0.39 is 9.84 Å². The molecule has 0 heterocycles. The lowest BCUT2D eigenvalue weighted by atomic mass is 9.99. The molecule has 0 amide bonds. The predicted octanol–water partition coefficient (Wildman–Crippen LogP) is 8.86. The summed E-state index contributed by atoms with van der Waals surface area (Å²) in [5.41, 5.74) is 2.91. The number of hydrogen-bond donors (Lipinski definition) is 2. The van der Waals surface area contributed by atoms with Gasteiger partial charge in [0.15, 0.2) is 0 Å². The monoisotopic (exact) mass is 530 g/mol. The number of phenols is 2. The molecule has 37 heavy (non-hydrogen) atoms. The largest absolute Gasteiger partial charge is 0.507 e. The Hall–Kier alpha value is -2.01. The van der Waals surface area contributed by atoms with Gasteiger partial charge in [-0.3, -0.25) is 0 Å². The van der Waals surface area contributed by atoms with Crippen molar-refractivity contribution in [2.24, 2.45) is 0 Å². The first-order chi connectivity index (χ1) is 17.8. The van der Waals surface area contributed by atoms with Crippen LogP contribution >= 0.6 is 0 Å². The minimum Gasteiger partial charge on any atom is -0.507 e. The average Bonchev–Trinajstić information content (AvgIpc) is 2.88. The molecule has 5 heteroatoms. The molecular weight excluding hydrogens is 480 g/mol. The zero-order valence-electron chi connectivity index (χ0n) is 23.7. The van der Waals surface area contributed by atoms with Gasteiger partial charge in [-0.15, -0.1) is 0 Å². The molecule has 208 valence electrons. The molecule has 0 aliphatic carbocycles. The van der Waals surface area contributed by atoms with E-state index in [1.165, 1.54) is 0 Å². The minimum atomic E-state index is -3.81. The van der Waals surface area contributed by atoms with Crippen molar-refractivity contribution in [3.05, 3.63) is 46.5 Å². The molecule has 0 saturated heterocycles. The molecular formula is C32H50O4S. The number of phenolic OH excluding ortho intramolecular Hbond substituents is 2. The van der Waals surface area contributed by atoms with E-state index in [-0.39, 0.29) is 21.3 Å². The van der Waals surface area contributed by atoms with Crippen LogP contribution in [0.4, 0.5) is 0 Å². The molecule has 0 atom stereocenters. The molecule has 2 aromatic carbocycles. The molecule has 4 nitrogen and oxygen atoms in total. The zero-order chi connectivity index (χ0) is 27.3. The van der Waals surface area contributed by atoms with Crippen LogP contribution in [0, 0.1) is 0 Å². The van der Waals surface area contributed by atoms with E-state index in [2.05, 4.69) is 27.7 Å². The van der Waals surface area contributed by atoms with Gasteiger partial charge in [0.05, 0.1) is 9.79 Å². The van der Waals surface area contributed by atoms with Crippen molar-refractivity contribution in [3.8, 4) is 11.5 Å². The van der Waals surface area contributed by atoms with E-state index >= 15 is 0 Å². The second-order valence-corrected chi connectivity index (χ2v) is 12.5. The van der Waals surface area contributed by atoms with Gasteiger partial charge in [-0.2, -0.15) is 0 Å². The topological polar surface area (TPSA) is 74.6 Å². The van der Waals surface area contributed by atoms with Crippen molar-refractivity contribution in [2.45, 2.75) is 140 Å². The number of unbranched alkanes of at least 4 members (excludes halogenated alkanes) is 8. The second-order valence-electron chi connectivity index (χ2n) is 10.5. The smallest absolute Gasteiger partial charge is 0.206 e. The Balaban J connectivity index is 2.57. The Labute approximate surface area is 226 Å². The Morgan fingerprint density at radius 1 is 0.486 bits per heavy atom. The van der Waals surface area contributed by atoms with Gasteiger partial charge in [0, 0.05) is 0 Å². The molecule has 2 N–H and O–H groups in total. The van der Waals surface area contributed by atoms with Crippen molar-refractivity contribution < 1.29 is 18.6 Å². The van der Waals surface area contributed by atoms with Crippen molar-refractivity contribution in [2.75, 3.05) is 0 Å². The Morgan fingerprint density at radius 2 is 0.730 bits per heavy atom. The summed E-state index contributed by atoms with van der Waals surface area (Å²) in [7, 11) is -3.81. The Kier molecular flexibility index (Phi) is 13.5. The quantitative estimate of drug-likeness (QED) is 0.189. The summed E-state index contributed by atoms with van der Waals surface area (Å²) in [6, 6.07) is 6.74. The van der Waals surface area contributed by atoms with E-state index in [4.69, 9.17) is 0 Å². The average molecular weight is 531 g/mol. The summed E-state index contributed by atoms with van der Waals surface area (Å²) < 4.78 is 28.0. The summed E-state index contributed by atoms with van der Waals surface area (Å²) in [5.74, 6) is 0.523. The lowest BCUT2D eigenvalue weighted by Crippen LogP contribution is -2.07. The lowest BCUT2D eigenvalue weighted by molar-refractivity contribution is 0.457. The van der Waals surface area contributed by atoms with Crippen molar-refractivity contribution >= 4 is 9.84 Å². The highest BCUT2D eigenvalue weighted by Crippen LogP contribution is 2.35. The van der Waals surface area contributed by atoms with Crippen LogP contribution in [0.1, 0.15) is 127 Å². The highest BCUT2D eigenvalue weighted by atomic mass is 32.2. The molecule has 0 aliphatic heterocycles. The summed E-state index contributed by atoms with van der Waals surface area (Å²) in [4.78, 5) is 0.515. The molecule has 2 aromatic rings. The molecule has 0 aliphatic rings. The van der Waals surface area contributed by atoms with Crippen LogP contribution in [0.25, 0.3) is 0 Å². The van der Waals surface area contributed by atoms with Gasteiger partial charge in [0.2, 0.25) is 9.84 Å². The van der Waals surface area contributed by atoms with Gasteiger partial charge < -0.3 is 10.2 Å². The fraction of sp³-hybridized carbons (Fsp3) is 0.625. The third-order valence-electron chi connectivity index (χ3n) is 7.30. The summed E-state index contributed by atoms with van der Waals surface area (Å²) >= 11 is 0. The highest BCUT2D eigenvalue weighted by molar-refractivity contribution is 7.91. The van der Waals surface area contributed by atoms with E-state index in [0.29, 0.717) is 25.7 Å². The van der Waals surface area contributed by atoms with E-state index in [9.17, 15) is 18.6 Å². The van der Waals surface area contributed by atoms with Gasteiger partial charge in [0.1, 0.15) is 11.5 Å². The van der Waals surface area contributed by atoms with E-state index in [0.717, 1.165) is 99.3 Å². The molecule has 0 radical (unpaired) electrons. The lowest BCUT2D eigenvalue weighted by Gasteiger charge is -2.16. The second kappa shape index (κ2) is 16.1. The SMILES string of the molecule is CCCCCc1cc(S(=O)(=O)c2cc(CCCCC)c(O)c(CCCCC)c2)cc(CCCCC)c1O. The fourth-order valence-electron chi connectivity index (χ4n) is 4.93. The highest BCUT2D eigenvalue weighted by Gasteiger charge is 2.24. The molecule has 0 bridgehead atoms. The maximum absolute atomic E-state index is 14.0. The number of aromatic hydroxyl groups is 2. The Morgan fingerprint density at radius 3 is 0.946 bits per heavy atom. The minimum absolute atomic E-state index is 0.257. The summed E-state index contributed by atoms with van der Waals surface area (Å²) in [5, 5.41) is 22.0. The van der Waals surface area contributed by atoms with Gasteiger partial charge in [-0.1, -0.05) is 79.1 Å². The van der Waals surface area contributed by atoms with Crippen LogP contribution in [0.15, 0.2) is 34.1 Å². The van der Waals surface area contributed by atoms with E-state index in [1.807, 2.05) is 0 Å². The number of hydrogen-bond acceptors (Lipinski definition) is 4. The van der Waals surface area contributed by atoms with Crippen molar-refractivity contribution in [1.82, 2.24) is 0 Å². The molecule has 0 aromatic heterocycles. The van der Waals surface area contributed by atoms with Gasteiger partial charge in [0.25, 0.3) is 0 Å². The van der Waals surface area contributed by atoms with Gasteiger partial charge in [-0.25, -0.2) is 8.42 Å². The van der Waals surface area contributed by atoms with Gasteiger partial charge in [-0.05, 0) is 97.9 Å². The zero-order valence-corrected chi connectivity index (χ0v) is 24.6. The summed E-state index contributed by atoms with van der Waals surface area (Å²) in [6.45, 7) is 8.55. The maximum atomic E-state index is 14.0. The molecule has 0 saturated carbocycles. The standard InChI is InChI=1S/C32H50O4S/c1-5-9-13-17-25-21-29(22-26(31(25)33)18-14-10-6-2)37(35,36)30-23-27(19-15-11-7-3)32(34)28(24-30)20-16-12-8-4/h21-24,33-34H,5-20H2,1-4H3. The Bertz CT molecular complexity index is 931. The predicted molar refractivity (Wildman–Crippen MR) is 155 cm³/mol. The molecule has 0 spiro atoms. The van der Waals surface area contributed by atoms with Crippen LogP contribution in [0.2, 0.25) is 0 Å². The van der Waals surface area contributed by atoms with Crippen LogP contribution in [-0.2, 0) is 35.5 Å².